The number of nitrogens with zero attached hydrogens (tertiary/aromatic N) is 2. The zero-order valence-electron chi connectivity index (χ0n) is 32.3. The van der Waals surface area contributed by atoms with Crippen molar-refractivity contribution < 1.29 is 32.6 Å². The molecule has 2 aromatic carbocycles. The molecule has 0 spiro atoms. The lowest BCUT2D eigenvalue weighted by Gasteiger charge is -2.40. The van der Waals surface area contributed by atoms with Gasteiger partial charge in [0.05, 0.1) is 16.9 Å². The van der Waals surface area contributed by atoms with Gasteiger partial charge in [-0.05, 0) is 99.1 Å². The SMILES string of the molecule is CC(C)(C)OC(=O)N1c2ccc(C(F)(F)F)cc2C(N)CC1C1CC1.CC(C)C.CC(C)C.CC(C)C.O=C(O)N1CC=Cc2ccccc21. The molecular formula is C40H62F3N3O4. The predicted octanol–water partition coefficient (Wildman–Crippen LogP) is 11.8. The highest BCUT2D eigenvalue weighted by molar-refractivity contribution is 5.92. The Morgan fingerprint density at radius 1 is 0.860 bits per heavy atom. The summed E-state index contributed by atoms with van der Waals surface area (Å²) in [4.78, 5) is 26.4. The summed E-state index contributed by atoms with van der Waals surface area (Å²) in [5.41, 5.74) is 7.21. The van der Waals surface area contributed by atoms with Gasteiger partial charge in [0.25, 0.3) is 0 Å². The van der Waals surface area contributed by atoms with Gasteiger partial charge in [-0.2, -0.15) is 13.2 Å². The molecule has 7 nitrogen and oxygen atoms in total. The molecule has 282 valence electrons. The van der Waals surface area contributed by atoms with E-state index in [0.29, 0.717) is 30.1 Å². The van der Waals surface area contributed by atoms with E-state index in [-0.39, 0.29) is 6.04 Å². The van der Waals surface area contributed by atoms with Gasteiger partial charge in [0.15, 0.2) is 0 Å². The summed E-state index contributed by atoms with van der Waals surface area (Å²) in [5.74, 6) is 2.83. The Hall–Kier alpha value is -3.53. The molecule has 0 saturated heterocycles. The topological polar surface area (TPSA) is 96.1 Å². The lowest BCUT2D eigenvalue weighted by molar-refractivity contribution is -0.137. The molecule has 2 aromatic rings. The number of carbonyl (C=O) groups is 2. The van der Waals surface area contributed by atoms with Gasteiger partial charge in [0, 0.05) is 18.6 Å². The van der Waals surface area contributed by atoms with Gasteiger partial charge >= 0.3 is 18.4 Å². The van der Waals surface area contributed by atoms with Crippen molar-refractivity contribution in [1.29, 1.82) is 0 Å². The summed E-state index contributed by atoms with van der Waals surface area (Å²) in [7, 11) is 0. The summed E-state index contributed by atoms with van der Waals surface area (Å²) in [6, 6.07) is 10.2. The van der Waals surface area contributed by atoms with Crippen LogP contribution in [0, 0.1) is 23.7 Å². The fourth-order valence-electron chi connectivity index (χ4n) is 4.79. The summed E-state index contributed by atoms with van der Waals surface area (Å²) >= 11 is 0. The van der Waals surface area contributed by atoms with Crippen LogP contribution in [-0.4, -0.2) is 35.5 Å². The number of alkyl halides is 3. The number of halogens is 3. The number of fused-ring (bicyclic) bond motifs is 2. The molecule has 1 aliphatic carbocycles. The Balaban J connectivity index is 0.000000414. The monoisotopic (exact) mass is 705 g/mol. The number of rotatable bonds is 1. The number of carboxylic acid groups (broad SMARTS) is 1. The van der Waals surface area contributed by atoms with Gasteiger partial charge in [0.1, 0.15) is 5.60 Å². The molecule has 5 rings (SSSR count). The van der Waals surface area contributed by atoms with Crippen LogP contribution in [0.3, 0.4) is 0 Å². The highest BCUT2D eigenvalue weighted by atomic mass is 19.4. The number of benzene rings is 2. The third kappa shape index (κ3) is 16.0. The normalized spacial score (nSPS) is 17.8. The van der Waals surface area contributed by atoms with Gasteiger partial charge in [-0.15, -0.1) is 0 Å². The molecule has 2 heterocycles. The molecule has 2 unspecified atom stereocenters. The molecule has 0 bridgehead atoms. The molecule has 3 N–H and O–H groups in total. The minimum atomic E-state index is -4.45. The number of hydrogen-bond acceptors (Lipinski definition) is 4. The molecule has 10 heteroatoms. The van der Waals surface area contributed by atoms with Crippen LogP contribution in [0.15, 0.2) is 48.5 Å². The minimum absolute atomic E-state index is 0.130. The Kier molecular flexibility index (Phi) is 17.6. The molecule has 1 saturated carbocycles. The quantitative estimate of drug-likeness (QED) is 0.308. The van der Waals surface area contributed by atoms with Crippen LogP contribution in [-0.2, 0) is 10.9 Å². The second kappa shape index (κ2) is 19.8. The van der Waals surface area contributed by atoms with Crippen LogP contribution in [0.4, 0.5) is 34.1 Å². The van der Waals surface area contributed by atoms with E-state index in [1.54, 1.807) is 20.8 Å². The van der Waals surface area contributed by atoms with E-state index >= 15 is 0 Å². The number of para-hydroxylation sites is 1. The van der Waals surface area contributed by atoms with Gasteiger partial charge < -0.3 is 15.6 Å². The van der Waals surface area contributed by atoms with Crippen LogP contribution in [0.5, 0.6) is 0 Å². The van der Waals surface area contributed by atoms with Crippen molar-refractivity contribution >= 4 is 29.6 Å². The second-order valence-electron chi connectivity index (χ2n) is 15.9. The van der Waals surface area contributed by atoms with Crippen LogP contribution >= 0.6 is 0 Å². The van der Waals surface area contributed by atoms with Crippen molar-refractivity contribution in [3.63, 3.8) is 0 Å². The lowest BCUT2D eigenvalue weighted by atomic mass is 9.88. The average Bonchev–Trinajstić information content (AvgIpc) is 3.80. The Morgan fingerprint density at radius 2 is 1.38 bits per heavy atom. The van der Waals surface area contributed by atoms with E-state index in [4.69, 9.17) is 15.6 Å². The largest absolute Gasteiger partial charge is 0.465 e. The molecular weight excluding hydrogens is 643 g/mol. The van der Waals surface area contributed by atoms with Crippen molar-refractivity contribution in [2.45, 2.75) is 126 Å². The van der Waals surface area contributed by atoms with E-state index in [9.17, 15) is 22.8 Å². The Labute approximate surface area is 299 Å². The van der Waals surface area contributed by atoms with Gasteiger partial charge in [-0.25, -0.2) is 9.59 Å². The molecule has 2 aliphatic heterocycles. The highest BCUT2D eigenvalue weighted by Gasteiger charge is 2.45. The van der Waals surface area contributed by atoms with E-state index in [2.05, 4.69) is 62.3 Å². The number of amides is 2. The molecule has 50 heavy (non-hydrogen) atoms. The number of ether oxygens (including phenoxy) is 1. The third-order valence-electron chi connectivity index (χ3n) is 6.64. The maximum absolute atomic E-state index is 13.0. The third-order valence-corrected chi connectivity index (χ3v) is 6.64. The minimum Gasteiger partial charge on any atom is -0.465 e. The van der Waals surface area contributed by atoms with Crippen LogP contribution < -0.4 is 15.5 Å². The van der Waals surface area contributed by atoms with E-state index < -0.39 is 35.6 Å². The molecule has 2 atom stereocenters. The van der Waals surface area contributed by atoms with E-state index in [1.165, 1.54) is 15.9 Å². The summed E-state index contributed by atoms with van der Waals surface area (Å²) in [6.07, 6.45) is 0.329. The highest BCUT2D eigenvalue weighted by Crippen LogP contribution is 2.47. The van der Waals surface area contributed by atoms with E-state index in [0.717, 1.165) is 54.0 Å². The Bertz CT molecular complexity index is 1360. The van der Waals surface area contributed by atoms with Gasteiger partial charge in [-0.3, -0.25) is 9.80 Å². The summed E-state index contributed by atoms with van der Waals surface area (Å²) in [6.45, 7) is 25.2. The first-order valence-electron chi connectivity index (χ1n) is 17.7. The number of nitrogens with two attached hydrogens (primary N) is 1. The molecule has 3 aliphatic rings. The molecule has 1 fully saturated rings. The van der Waals surface area contributed by atoms with Gasteiger partial charge in [0.2, 0.25) is 0 Å². The summed E-state index contributed by atoms with van der Waals surface area (Å²) < 4.78 is 44.6. The average molecular weight is 706 g/mol. The molecule has 2 amide bonds. The van der Waals surface area contributed by atoms with Crippen molar-refractivity contribution in [3.8, 4) is 0 Å². The van der Waals surface area contributed by atoms with Crippen LogP contribution in [0.1, 0.15) is 125 Å². The second-order valence-corrected chi connectivity index (χ2v) is 15.9. The number of carbonyl (C=O) groups excluding carboxylic acids is 1. The zero-order valence-corrected chi connectivity index (χ0v) is 32.3. The number of anilines is 2. The smallest absolute Gasteiger partial charge is 0.416 e. The van der Waals surface area contributed by atoms with Crippen molar-refractivity contribution in [3.05, 3.63) is 65.2 Å². The maximum Gasteiger partial charge on any atom is 0.416 e. The van der Waals surface area contributed by atoms with Crippen molar-refractivity contribution in [2.75, 3.05) is 16.3 Å². The first-order chi connectivity index (χ1) is 23.0. The first-order valence-corrected chi connectivity index (χ1v) is 17.7. The van der Waals surface area contributed by atoms with Gasteiger partial charge in [-0.1, -0.05) is 92.7 Å². The summed E-state index contributed by atoms with van der Waals surface area (Å²) in [5, 5.41) is 8.88. The molecule has 0 aromatic heterocycles. The van der Waals surface area contributed by atoms with Crippen LogP contribution in [0.25, 0.3) is 6.08 Å². The van der Waals surface area contributed by atoms with Crippen molar-refractivity contribution in [2.24, 2.45) is 29.4 Å². The van der Waals surface area contributed by atoms with Crippen LogP contribution in [0.2, 0.25) is 0 Å². The maximum atomic E-state index is 13.0. The standard InChI is InChI=1S/C18H23F3N2O2.C10H9NO2.3C4H10/c1-17(2,3)25-16(24)23-14-7-6-11(18(19,20)21)8-12(14)13(22)9-15(23)10-4-5-10;12-10(13)11-7-3-5-8-4-1-2-6-9(8)11;3*1-4(2)3/h6-8,10,13,15H,4-5,9,22H2,1-3H3;1-6H,7H2,(H,12,13);3*4H,1-3H3. The van der Waals surface area contributed by atoms with Crippen molar-refractivity contribution in [1.82, 2.24) is 0 Å². The fraction of sp³-hybridized carbons (Fsp3) is 0.600. The number of hydrogen-bond donors (Lipinski definition) is 2. The predicted molar refractivity (Wildman–Crippen MR) is 201 cm³/mol. The molecule has 0 radical (unpaired) electrons. The first kappa shape index (κ1) is 44.5. The Morgan fingerprint density at radius 3 is 1.84 bits per heavy atom. The lowest BCUT2D eigenvalue weighted by Crippen LogP contribution is -2.49. The zero-order chi connectivity index (χ0) is 38.6. The fourth-order valence-corrected chi connectivity index (χ4v) is 4.79. The van der Waals surface area contributed by atoms with E-state index in [1.807, 2.05) is 36.4 Å².